The number of hydrogen-bond acceptors (Lipinski definition) is 6. The number of carbonyl (C=O) groups is 2. The number of esters is 1. The summed E-state index contributed by atoms with van der Waals surface area (Å²) in [6.07, 6.45) is 0. The summed E-state index contributed by atoms with van der Waals surface area (Å²) in [5.41, 5.74) is 0.488. The Morgan fingerprint density at radius 2 is 1.96 bits per heavy atom. The number of amides is 1. The highest BCUT2D eigenvalue weighted by atomic mass is 35.5. The number of nitro benzene ring substituents is 1. The molecule has 0 bridgehead atoms. The van der Waals surface area contributed by atoms with Gasteiger partial charge in [0.05, 0.1) is 21.2 Å². The van der Waals surface area contributed by atoms with Gasteiger partial charge in [-0.15, -0.1) is 11.3 Å². The van der Waals surface area contributed by atoms with E-state index in [1.165, 1.54) is 36.5 Å². The van der Waals surface area contributed by atoms with Crippen molar-refractivity contribution in [2.24, 2.45) is 0 Å². The molecular weight excluding hydrogens is 392 g/mol. The topological polar surface area (TPSA) is 98.5 Å². The fourth-order valence-electron chi connectivity index (χ4n) is 2.48. The van der Waals surface area contributed by atoms with Gasteiger partial charge in [-0.1, -0.05) is 35.9 Å². The molecule has 3 aromatic rings. The molecule has 0 atom stereocenters. The first kappa shape index (κ1) is 18.8. The molecule has 0 saturated carbocycles. The maximum absolute atomic E-state index is 12.2. The van der Waals surface area contributed by atoms with Crippen molar-refractivity contribution in [3.8, 4) is 0 Å². The molecule has 27 heavy (non-hydrogen) atoms. The number of hydrogen-bond donors (Lipinski definition) is 1. The molecule has 1 aromatic heterocycles. The van der Waals surface area contributed by atoms with Crippen LogP contribution >= 0.6 is 22.9 Å². The SMILES string of the molecule is Cc1c(NC(=O)COC(=O)c2sc3ccccc3c2Cl)cccc1[N+](=O)[O-]. The zero-order valence-corrected chi connectivity index (χ0v) is 15.6. The van der Waals surface area contributed by atoms with E-state index in [-0.39, 0.29) is 21.3 Å². The summed E-state index contributed by atoms with van der Waals surface area (Å²) < 4.78 is 5.87. The molecule has 0 aliphatic rings. The van der Waals surface area contributed by atoms with Gasteiger partial charge in [0.1, 0.15) is 4.88 Å². The van der Waals surface area contributed by atoms with Gasteiger partial charge < -0.3 is 10.1 Å². The molecule has 0 spiro atoms. The molecule has 0 aliphatic carbocycles. The van der Waals surface area contributed by atoms with E-state index >= 15 is 0 Å². The fraction of sp³-hybridized carbons (Fsp3) is 0.111. The van der Waals surface area contributed by atoms with E-state index in [9.17, 15) is 19.7 Å². The Hall–Kier alpha value is -2.97. The van der Waals surface area contributed by atoms with Crippen LogP contribution < -0.4 is 5.32 Å². The van der Waals surface area contributed by atoms with Crippen LogP contribution in [0.3, 0.4) is 0 Å². The number of carbonyl (C=O) groups excluding carboxylic acids is 2. The Kier molecular flexibility index (Phi) is 5.38. The van der Waals surface area contributed by atoms with Crippen molar-refractivity contribution in [2.75, 3.05) is 11.9 Å². The lowest BCUT2D eigenvalue weighted by atomic mass is 10.1. The van der Waals surface area contributed by atoms with Crippen LogP contribution in [0.5, 0.6) is 0 Å². The van der Waals surface area contributed by atoms with Gasteiger partial charge in [-0.2, -0.15) is 0 Å². The van der Waals surface area contributed by atoms with Crippen LogP contribution in [0.25, 0.3) is 10.1 Å². The number of anilines is 1. The normalized spacial score (nSPS) is 10.6. The number of thiophene rings is 1. The second kappa shape index (κ2) is 7.73. The Morgan fingerprint density at radius 3 is 2.67 bits per heavy atom. The minimum absolute atomic E-state index is 0.109. The van der Waals surface area contributed by atoms with Crippen molar-refractivity contribution in [1.29, 1.82) is 0 Å². The number of nitrogens with zero attached hydrogens (tertiary/aromatic N) is 1. The lowest BCUT2D eigenvalue weighted by Gasteiger charge is -2.09. The average molecular weight is 405 g/mol. The van der Waals surface area contributed by atoms with Gasteiger partial charge in [0.2, 0.25) is 0 Å². The van der Waals surface area contributed by atoms with E-state index in [0.717, 1.165) is 10.1 Å². The van der Waals surface area contributed by atoms with Crippen LogP contribution in [0, 0.1) is 17.0 Å². The predicted molar refractivity (Wildman–Crippen MR) is 104 cm³/mol. The highest BCUT2D eigenvalue weighted by Crippen LogP contribution is 2.35. The van der Waals surface area contributed by atoms with Crippen molar-refractivity contribution in [2.45, 2.75) is 6.92 Å². The van der Waals surface area contributed by atoms with E-state index < -0.39 is 23.4 Å². The molecule has 7 nitrogen and oxygen atoms in total. The summed E-state index contributed by atoms with van der Waals surface area (Å²) in [4.78, 5) is 34.9. The van der Waals surface area contributed by atoms with Crippen molar-refractivity contribution >= 4 is 56.3 Å². The van der Waals surface area contributed by atoms with Crippen molar-refractivity contribution in [1.82, 2.24) is 0 Å². The summed E-state index contributed by atoms with van der Waals surface area (Å²) in [6, 6.07) is 11.6. The molecule has 0 radical (unpaired) electrons. The maximum Gasteiger partial charge on any atom is 0.350 e. The predicted octanol–water partition coefficient (Wildman–Crippen LogP) is 4.57. The third kappa shape index (κ3) is 3.91. The van der Waals surface area contributed by atoms with E-state index in [4.69, 9.17) is 16.3 Å². The summed E-state index contributed by atoms with van der Waals surface area (Å²) in [5, 5.41) is 14.5. The fourth-order valence-corrected chi connectivity index (χ4v) is 3.89. The molecule has 138 valence electrons. The molecule has 9 heteroatoms. The molecule has 2 aromatic carbocycles. The van der Waals surface area contributed by atoms with Gasteiger partial charge in [0, 0.05) is 16.2 Å². The Balaban J connectivity index is 1.67. The minimum Gasteiger partial charge on any atom is -0.451 e. The van der Waals surface area contributed by atoms with Crippen LogP contribution in [-0.4, -0.2) is 23.4 Å². The molecule has 0 fully saturated rings. The number of halogens is 1. The minimum atomic E-state index is -0.702. The standard InChI is InChI=1S/C18H13ClN2O5S/c1-10-12(6-4-7-13(10)21(24)25)20-15(22)9-26-18(23)17-16(19)11-5-2-3-8-14(11)27-17/h2-8H,9H2,1H3,(H,20,22). The summed E-state index contributed by atoms with van der Waals surface area (Å²) in [6.45, 7) is 0.988. The van der Waals surface area contributed by atoms with E-state index in [1.54, 1.807) is 6.07 Å². The van der Waals surface area contributed by atoms with Crippen LogP contribution in [0.15, 0.2) is 42.5 Å². The van der Waals surface area contributed by atoms with E-state index in [0.29, 0.717) is 5.56 Å². The third-order valence-electron chi connectivity index (χ3n) is 3.83. The second-order valence-corrected chi connectivity index (χ2v) is 7.00. The smallest absolute Gasteiger partial charge is 0.350 e. The van der Waals surface area contributed by atoms with Crippen LogP contribution in [0.4, 0.5) is 11.4 Å². The van der Waals surface area contributed by atoms with Crippen molar-refractivity contribution in [3.63, 3.8) is 0 Å². The molecule has 0 aliphatic heterocycles. The molecule has 1 N–H and O–H groups in total. The molecule has 1 amide bonds. The van der Waals surface area contributed by atoms with Gasteiger partial charge in [-0.25, -0.2) is 4.79 Å². The van der Waals surface area contributed by atoms with Gasteiger partial charge in [-0.05, 0) is 19.1 Å². The van der Waals surface area contributed by atoms with Crippen LogP contribution in [0.2, 0.25) is 5.02 Å². The average Bonchev–Trinajstić information content (AvgIpc) is 2.98. The van der Waals surface area contributed by atoms with Gasteiger partial charge in [0.25, 0.3) is 11.6 Å². The quantitative estimate of drug-likeness (QED) is 0.381. The Bertz CT molecular complexity index is 1060. The second-order valence-electron chi connectivity index (χ2n) is 5.57. The Labute approximate surface area is 162 Å². The molecular formula is C18H13ClN2O5S. The summed E-state index contributed by atoms with van der Waals surface area (Å²) in [7, 11) is 0. The number of fused-ring (bicyclic) bond motifs is 1. The monoisotopic (exact) mass is 404 g/mol. The maximum atomic E-state index is 12.2. The highest BCUT2D eigenvalue weighted by Gasteiger charge is 2.20. The Morgan fingerprint density at radius 1 is 1.22 bits per heavy atom. The lowest BCUT2D eigenvalue weighted by molar-refractivity contribution is -0.385. The first-order valence-electron chi connectivity index (χ1n) is 7.76. The number of nitro groups is 1. The summed E-state index contributed by atoms with van der Waals surface area (Å²) >= 11 is 7.39. The van der Waals surface area contributed by atoms with E-state index in [2.05, 4.69) is 5.32 Å². The van der Waals surface area contributed by atoms with Crippen LogP contribution in [-0.2, 0) is 9.53 Å². The lowest BCUT2D eigenvalue weighted by Crippen LogP contribution is -2.21. The first-order valence-corrected chi connectivity index (χ1v) is 8.96. The number of rotatable bonds is 5. The van der Waals surface area contributed by atoms with Crippen molar-refractivity contribution in [3.05, 3.63) is 68.0 Å². The zero-order chi connectivity index (χ0) is 19.6. The molecule has 0 unspecified atom stereocenters. The molecule has 3 rings (SSSR count). The van der Waals surface area contributed by atoms with Gasteiger partial charge >= 0.3 is 5.97 Å². The summed E-state index contributed by atoms with van der Waals surface area (Å²) in [5.74, 6) is -1.31. The van der Waals surface area contributed by atoms with Gasteiger partial charge in [-0.3, -0.25) is 14.9 Å². The third-order valence-corrected chi connectivity index (χ3v) is 5.49. The van der Waals surface area contributed by atoms with E-state index in [1.807, 2.05) is 18.2 Å². The number of nitrogens with one attached hydrogen (secondary N) is 1. The number of ether oxygens (including phenoxy) is 1. The van der Waals surface area contributed by atoms with Crippen LogP contribution in [0.1, 0.15) is 15.2 Å². The molecule has 1 heterocycles. The highest BCUT2D eigenvalue weighted by molar-refractivity contribution is 7.21. The largest absolute Gasteiger partial charge is 0.451 e. The van der Waals surface area contributed by atoms with Crippen molar-refractivity contribution < 1.29 is 19.2 Å². The van der Waals surface area contributed by atoms with Gasteiger partial charge in [0.15, 0.2) is 6.61 Å². The first-order chi connectivity index (χ1) is 12.9. The number of benzene rings is 2. The molecule has 0 saturated heterocycles. The zero-order valence-electron chi connectivity index (χ0n) is 14.0.